The lowest BCUT2D eigenvalue weighted by Gasteiger charge is -2.12. The van der Waals surface area contributed by atoms with Crippen LogP contribution in [0.3, 0.4) is 0 Å². The molecule has 0 aromatic heterocycles. The number of benzene rings is 5. The molecule has 0 saturated heterocycles. The molecule has 0 amide bonds. The lowest BCUT2D eigenvalue weighted by molar-refractivity contribution is 1.10. The predicted molar refractivity (Wildman–Crippen MR) is 162 cm³/mol. The molecular formula is C36H36N2. The summed E-state index contributed by atoms with van der Waals surface area (Å²) in [6.07, 6.45) is 3.76. The maximum Gasteiger partial charge on any atom is 0.0314 e. The molecule has 0 bridgehead atoms. The Morgan fingerprint density at radius 3 is 1.03 bits per heavy atom. The van der Waals surface area contributed by atoms with Crippen LogP contribution < -0.4 is 11.5 Å². The van der Waals surface area contributed by atoms with Crippen LogP contribution in [0.2, 0.25) is 0 Å². The number of aryl methyl sites for hydroxylation is 2. The molecule has 0 aliphatic carbocycles. The Bertz CT molecular complexity index is 1510. The van der Waals surface area contributed by atoms with Gasteiger partial charge in [-0.15, -0.1) is 0 Å². The van der Waals surface area contributed by atoms with E-state index in [0.29, 0.717) is 0 Å². The van der Waals surface area contributed by atoms with Crippen molar-refractivity contribution >= 4 is 11.4 Å². The molecule has 0 spiro atoms. The summed E-state index contributed by atoms with van der Waals surface area (Å²) in [5.74, 6) is 0. The van der Waals surface area contributed by atoms with Crippen molar-refractivity contribution in [2.24, 2.45) is 0 Å². The molecule has 0 atom stereocenters. The van der Waals surface area contributed by atoms with Crippen LogP contribution in [-0.2, 0) is 25.7 Å². The zero-order valence-electron chi connectivity index (χ0n) is 22.4. The minimum atomic E-state index is 0.809. The maximum atomic E-state index is 5.83. The van der Waals surface area contributed by atoms with Crippen molar-refractivity contribution in [3.63, 3.8) is 0 Å². The van der Waals surface area contributed by atoms with E-state index in [2.05, 4.69) is 98.8 Å². The van der Waals surface area contributed by atoms with Gasteiger partial charge in [0.15, 0.2) is 0 Å². The number of nitrogens with two attached hydrogens (primary N) is 2. The van der Waals surface area contributed by atoms with E-state index in [1.807, 2.05) is 24.3 Å². The van der Waals surface area contributed by atoms with E-state index in [1.54, 1.807) is 0 Å². The van der Waals surface area contributed by atoms with Crippen LogP contribution in [0.25, 0.3) is 0 Å². The van der Waals surface area contributed by atoms with Crippen LogP contribution in [0.5, 0.6) is 0 Å². The van der Waals surface area contributed by atoms with Gasteiger partial charge in [-0.05, 0) is 119 Å². The highest BCUT2D eigenvalue weighted by atomic mass is 14.5. The Morgan fingerprint density at radius 1 is 0.368 bits per heavy atom. The molecular weight excluding hydrogens is 460 g/mol. The van der Waals surface area contributed by atoms with Crippen molar-refractivity contribution in [2.45, 2.75) is 39.5 Å². The summed E-state index contributed by atoms with van der Waals surface area (Å²) >= 11 is 0. The maximum absolute atomic E-state index is 5.83. The first-order chi connectivity index (χ1) is 18.4. The van der Waals surface area contributed by atoms with E-state index < -0.39 is 0 Å². The van der Waals surface area contributed by atoms with Crippen LogP contribution in [0.4, 0.5) is 11.4 Å². The molecule has 0 saturated carbocycles. The lowest BCUT2D eigenvalue weighted by atomic mass is 9.93. The third kappa shape index (κ3) is 6.52. The van der Waals surface area contributed by atoms with E-state index in [4.69, 9.17) is 11.5 Å². The second-order valence-corrected chi connectivity index (χ2v) is 10.5. The minimum Gasteiger partial charge on any atom is -0.399 e. The molecule has 2 nitrogen and oxygen atoms in total. The standard InChI is InChI=1S/C36H36N2/c1-25-19-31(22-32-8-14-34(26(2)20-32)24-30-11-17-36(38)18-12-30)7-13-33(25)23-29-5-3-27(4-6-29)21-28-9-15-35(37)16-10-28/h3-20H,21-24,37-38H2,1-2H3. The topological polar surface area (TPSA) is 52.0 Å². The molecule has 2 heteroatoms. The number of nitrogen functional groups attached to an aromatic ring is 2. The smallest absolute Gasteiger partial charge is 0.0314 e. The van der Waals surface area contributed by atoms with Crippen LogP contribution in [-0.4, -0.2) is 0 Å². The Kier molecular flexibility index (Phi) is 7.60. The van der Waals surface area contributed by atoms with Crippen molar-refractivity contribution in [3.05, 3.63) is 165 Å². The number of hydrogen-bond acceptors (Lipinski definition) is 2. The molecule has 5 aromatic carbocycles. The average Bonchev–Trinajstić information content (AvgIpc) is 2.91. The third-order valence-electron chi connectivity index (χ3n) is 7.40. The monoisotopic (exact) mass is 496 g/mol. The summed E-state index contributed by atoms with van der Waals surface area (Å²) in [5.41, 5.74) is 26.6. The summed E-state index contributed by atoms with van der Waals surface area (Å²) in [4.78, 5) is 0. The van der Waals surface area contributed by atoms with E-state index >= 15 is 0 Å². The quantitative estimate of drug-likeness (QED) is 0.215. The SMILES string of the molecule is Cc1cc(Cc2ccc(Cc3ccc(Cc4ccc(N)cc4)cc3)c(C)c2)ccc1Cc1ccc(N)cc1. The highest BCUT2D eigenvalue weighted by Gasteiger charge is 2.07. The molecule has 0 unspecified atom stereocenters. The van der Waals surface area contributed by atoms with E-state index in [0.717, 1.165) is 37.1 Å². The van der Waals surface area contributed by atoms with Gasteiger partial charge in [0.1, 0.15) is 0 Å². The minimum absolute atomic E-state index is 0.809. The lowest BCUT2D eigenvalue weighted by Crippen LogP contribution is -1.98. The number of rotatable bonds is 8. The van der Waals surface area contributed by atoms with Crippen LogP contribution >= 0.6 is 0 Å². The summed E-state index contributed by atoms with van der Waals surface area (Å²) in [5, 5.41) is 0. The molecule has 190 valence electrons. The van der Waals surface area contributed by atoms with Gasteiger partial charge < -0.3 is 11.5 Å². The molecule has 0 aliphatic heterocycles. The van der Waals surface area contributed by atoms with Gasteiger partial charge in [-0.2, -0.15) is 0 Å². The fraction of sp³-hybridized carbons (Fsp3) is 0.167. The van der Waals surface area contributed by atoms with Crippen molar-refractivity contribution in [2.75, 3.05) is 11.5 Å². The molecule has 0 aliphatic rings. The Balaban J connectivity index is 1.21. The highest BCUT2D eigenvalue weighted by Crippen LogP contribution is 2.22. The first kappa shape index (κ1) is 25.4. The molecule has 4 N–H and O–H groups in total. The summed E-state index contributed by atoms with van der Waals surface area (Å²) in [6.45, 7) is 4.45. The van der Waals surface area contributed by atoms with Crippen molar-refractivity contribution < 1.29 is 0 Å². The van der Waals surface area contributed by atoms with E-state index in [1.165, 1.54) is 55.6 Å². The fourth-order valence-electron chi connectivity index (χ4n) is 5.09. The number of anilines is 2. The zero-order chi connectivity index (χ0) is 26.5. The summed E-state index contributed by atoms with van der Waals surface area (Å²) < 4.78 is 0. The van der Waals surface area contributed by atoms with Crippen molar-refractivity contribution in [1.82, 2.24) is 0 Å². The summed E-state index contributed by atoms with van der Waals surface area (Å²) in [7, 11) is 0. The van der Waals surface area contributed by atoms with Gasteiger partial charge in [0, 0.05) is 11.4 Å². The molecule has 5 aromatic rings. The average molecular weight is 497 g/mol. The molecule has 38 heavy (non-hydrogen) atoms. The molecule has 0 radical (unpaired) electrons. The fourth-order valence-corrected chi connectivity index (χ4v) is 5.09. The molecule has 5 rings (SSSR count). The summed E-state index contributed by atoms with van der Waals surface area (Å²) in [6, 6.07) is 39.1. The van der Waals surface area contributed by atoms with Gasteiger partial charge in [-0.3, -0.25) is 0 Å². The Hall–Kier alpha value is -4.30. The van der Waals surface area contributed by atoms with E-state index in [-0.39, 0.29) is 0 Å². The Morgan fingerprint density at radius 2 is 0.658 bits per heavy atom. The van der Waals surface area contributed by atoms with E-state index in [9.17, 15) is 0 Å². The highest BCUT2D eigenvalue weighted by molar-refractivity contribution is 5.44. The van der Waals surface area contributed by atoms with Gasteiger partial charge in [0.2, 0.25) is 0 Å². The normalized spacial score (nSPS) is 11.0. The van der Waals surface area contributed by atoms with Crippen molar-refractivity contribution in [3.8, 4) is 0 Å². The largest absolute Gasteiger partial charge is 0.399 e. The second kappa shape index (κ2) is 11.4. The second-order valence-electron chi connectivity index (χ2n) is 10.5. The Labute approximate surface area is 227 Å². The first-order valence-corrected chi connectivity index (χ1v) is 13.3. The van der Waals surface area contributed by atoms with Crippen LogP contribution in [0.1, 0.15) is 55.6 Å². The van der Waals surface area contributed by atoms with Gasteiger partial charge in [-0.25, -0.2) is 0 Å². The van der Waals surface area contributed by atoms with Gasteiger partial charge in [0.05, 0.1) is 0 Å². The van der Waals surface area contributed by atoms with Crippen LogP contribution in [0.15, 0.2) is 109 Å². The first-order valence-electron chi connectivity index (χ1n) is 13.3. The van der Waals surface area contributed by atoms with Gasteiger partial charge in [0.25, 0.3) is 0 Å². The van der Waals surface area contributed by atoms with Gasteiger partial charge in [-0.1, -0.05) is 84.9 Å². The van der Waals surface area contributed by atoms with Crippen molar-refractivity contribution in [1.29, 1.82) is 0 Å². The zero-order valence-corrected chi connectivity index (χ0v) is 22.4. The molecule has 0 heterocycles. The predicted octanol–water partition coefficient (Wildman–Crippen LogP) is 7.83. The molecule has 0 fully saturated rings. The van der Waals surface area contributed by atoms with Crippen LogP contribution in [0, 0.1) is 13.8 Å². The van der Waals surface area contributed by atoms with Gasteiger partial charge >= 0.3 is 0 Å². The third-order valence-corrected chi connectivity index (χ3v) is 7.40. The number of hydrogen-bond donors (Lipinski definition) is 2.